The Kier molecular flexibility index (Phi) is 6.53. The number of hydrogen-bond donors (Lipinski definition) is 2. The van der Waals surface area contributed by atoms with E-state index in [1.54, 1.807) is 0 Å². The third-order valence-corrected chi connectivity index (χ3v) is 3.56. The highest BCUT2D eigenvalue weighted by Gasteiger charge is 2.13. The van der Waals surface area contributed by atoms with Crippen molar-refractivity contribution in [2.75, 3.05) is 0 Å². The topological polar surface area (TPSA) is 71.5 Å². The van der Waals surface area contributed by atoms with E-state index in [4.69, 9.17) is 4.74 Å². The molecule has 0 aliphatic heterocycles. The first-order chi connectivity index (χ1) is 11.9. The van der Waals surface area contributed by atoms with Crippen LogP contribution in [0.4, 0.5) is 0 Å². The van der Waals surface area contributed by atoms with Crippen LogP contribution in [0.5, 0.6) is 5.88 Å². The summed E-state index contributed by atoms with van der Waals surface area (Å²) in [5, 5.41) is 12.2. The van der Waals surface area contributed by atoms with Crippen LogP contribution in [0.15, 0.2) is 42.5 Å². The van der Waals surface area contributed by atoms with E-state index in [1.165, 1.54) is 0 Å². The second kappa shape index (κ2) is 8.62. The van der Waals surface area contributed by atoms with Crippen molar-refractivity contribution >= 4 is 5.91 Å². The van der Waals surface area contributed by atoms with Crippen molar-refractivity contribution in [1.29, 1.82) is 0 Å². The number of rotatable bonds is 7. The van der Waals surface area contributed by atoms with Crippen LogP contribution in [0.25, 0.3) is 0 Å². The first-order valence-electron chi connectivity index (χ1n) is 8.46. The SMILES string of the molecule is CC(C)(C)Oc1cccc(CCC(=O)NCc2ccccc2CO)n1. The number of aromatic nitrogens is 1. The van der Waals surface area contributed by atoms with Crippen molar-refractivity contribution in [1.82, 2.24) is 10.3 Å². The van der Waals surface area contributed by atoms with Gasteiger partial charge in [-0.05, 0) is 44.4 Å². The van der Waals surface area contributed by atoms with Gasteiger partial charge in [-0.25, -0.2) is 4.98 Å². The Labute approximate surface area is 149 Å². The van der Waals surface area contributed by atoms with Gasteiger partial charge in [0.25, 0.3) is 0 Å². The molecule has 0 aliphatic carbocycles. The summed E-state index contributed by atoms with van der Waals surface area (Å²) in [6.07, 6.45) is 0.905. The summed E-state index contributed by atoms with van der Waals surface area (Å²) in [6.45, 7) is 6.30. The lowest BCUT2D eigenvalue weighted by molar-refractivity contribution is -0.121. The molecule has 0 fully saturated rings. The molecule has 2 N–H and O–H groups in total. The Morgan fingerprint density at radius 2 is 1.84 bits per heavy atom. The van der Waals surface area contributed by atoms with Crippen molar-refractivity contribution in [3.05, 3.63) is 59.3 Å². The first kappa shape index (κ1) is 18.9. The molecule has 0 aliphatic rings. The van der Waals surface area contributed by atoms with Gasteiger partial charge in [0.2, 0.25) is 11.8 Å². The van der Waals surface area contributed by atoms with Crippen molar-refractivity contribution in [3.8, 4) is 5.88 Å². The molecular formula is C20H26N2O3. The molecule has 0 saturated heterocycles. The van der Waals surface area contributed by atoms with Crippen LogP contribution in [0.2, 0.25) is 0 Å². The predicted molar refractivity (Wildman–Crippen MR) is 97.2 cm³/mol. The lowest BCUT2D eigenvalue weighted by atomic mass is 10.1. The smallest absolute Gasteiger partial charge is 0.220 e. The number of pyridine rings is 1. The fraction of sp³-hybridized carbons (Fsp3) is 0.400. The molecule has 0 unspecified atom stereocenters. The highest BCUT2D eigenvalue weighted by Crippen LogP contribution is 2.16. The summed E-state index contributed by atoms with van der Waals surface area (Å²) >= 11 is 0. The molecule has 5 heteroatoms. The monoisotopic (exact) mass is 342 g/mol. The number of hydrogen-bond acceptors (Lipinski definition) is 4. The molecule has 0 radical (unpaired) electrons. The van der Waals surface area contributed by atoms with Gasteiger partial charge in [0.05, 0.1) is 6.61 Å². The molecule has 0 atom stereocenters. The van der Waals surface area contributed by atoms with E-state index in [0.717, 1.165) is 16.8 Å². The van der Waals surface area contributed by atoms with Crippen LogP contribution in [0, 0.1) is 0 Å². The third kappa shape index (κ3) is 6.55. The summed E-state index contributed by atoms with van der Waals surface area (Å²) in [5.74, 6) is 0.527. The van der Waals surface area contributed by atoms with E-state index in [0.29, 0.717) is 25.3 Å². The molecule has 134 valence electrons. The predicted octanol–water partition coefficient (Wildman–Crippen LogP) is 3.00. The van der Waals surface area contributed by atoms with Crippen LogP contribution in [-0.2, 0) is 24.4 Å². The Balaban J connectivity index is 1.85. The van der Waals surface area contributed by atoms with Crippen LogP contribution < -0.4 is 10.1 Å². The molecule has 1 heterocycles. The van der Waals surface area contributed by atoms with Gasteiger partial charge in [-0.2, -0.15) is 0 Å². The van der Waals surface area contributed by atoms with Crippen LogP contribution in [-0.4, -0.2) is 21.6 Å². The largest absolute Gasteiger partial charge is 0.472 e. The second-order valence-corrected chi connectivity index (χ2v) is 6.89. The first-order valence-corrected chi connectivity index (χ1v) is 8.46. The number of nitrogens with zero attached hydrogens (tertiary/aromatic N) is 1. The van der Waals surface area contributed by atoms with E-state index in [1.807, 2.05) is 63.2 Å². The fourth-order valence-corrected chi connectivity index (χ4v) is 2.38. The number of nitrogens with one attached hydrogen (secondary N) is 1. The number of ether oxygens (including phenoxy) is 1. The maximum absolute atomic E-state index is 12.1. The maximum atomic E-state index is 12.1. The van der Waals surface area contributed by atoms with Gasteiger partial charge in [0, 0.05) is 24.7 Å². The number of carbonyl (C=O) groups is 1. The number of aryl methyl sites for hydroxylation is 1. The van der Waals surface area contributed by atoms with E-state index in [9.17, 15) is 9.90 Å². The number of benzene rings is 1. The Bertz CT molecular complexity index is 708. The van der Waals surface area contributed by atoms with Gasteiger partial charge in [-0.15, -0.1) is 0 Å². The lowest BCUT2D eigenvalue weighted by Gasteiger charge is -2.20. The summed E-state index contributed by atoms with van der Waals surface area (Å²) in [6, 6.07) is 13.1. The standard InChI is InChI=1S/C20H26N2O3/c1-20(2,3)25-19-10-6-9-17(22-19)11-12-18(24)21-13-15-7-4-5-8-16(15)14-23/h4-10,23H,11-14H2,1-3H3,(H,21,24). The van der Waals surface area contributed by atoms with E-state index < -0.39 is 0 Å². The number of aliphatic hydroxyl groups excluding tert-OH is 1. The Hall–Kier alpha value is -2.40. The van der Waals surface area contributed by atoms with Gasteiger partial charge in [0.1, 0.15) is 5.60 Å². The van der Waals surface area contributed by atoms with Crippen molar-refractivity contribution in [2.45, 2.75) is 52.4 Å². The minimum absolute atomic E-state index is 0.0312. The molecule has 0 spiro atoms. The average Bonchev–Trinajstić information content (AvgIpc) is 2.57. The Morgan fingerprint density at radius 3 is 2.52 bits per heavy atom. The van der Waals surface area contributed by atoms with Gasteiger partial charge in [-0.3, -0.25) is 4.79 Å². The van der Waals surface area contributed by atoms with Gasteiger partial charge in [-0.1, -0.05) is 30.3 Å². The van der Waals surface area contributed by atoms with Crippen molar-refractivity contribution < 1.29 is 14.6 Å². The summed E-state index contributed by atoms with van der Waals surface area (Å²) in [7, 11) is 0. The molecule has 0 saturated carbocycles. The maximum Gasteiger partial charge on any atom is 0.220 e. The lowest BCUT2D eigenvalue weighted by Crippen LogP contribution is -2.24. The minimum atomic E-state index is -0.302. The van der Waals surface area contributed by atoms with E-state index in [-0.39, 0.29) is 18.1 Å². The highest BCUT2D eigenvalue weighted by atomic mass is 16.5. The zero-order valence-corrected chi connectivity index (χ0v) is 15.1. The highest BCUT2D eigenvalue weighted by molar-refractivity contribution is 5.76. The number of aliphatic hydroxyl groups is 1. The number of amides is 1. The normalized spacial score (nSPS) is 11.2. The average molecular weight is 342 g/mol. The zero-order chi connectivity index (χ0) is 18.3. The summed E-state index contributed by atoms with van der Waals surface area (Å²) < 4.78 is 5.74. The zero-order valence-electron chi connectivity index (χ0n) is 15.1. The molecule has 2 rings (SSSR count). The third-order valence-electron chi connectivity index (χ3n) is 3.56. The van der Waals surface area contributed by atoms with E-state index in [2.05, 4.69) is 10.3 Å². The molecule has 1 amide bonds. The quantitative estimate of drug-likeness (QED) is 0.811. The van der Waals surface area contributed by atoms with Crippen LogP contribution in [0.1, 0.15) is 44.0 Å². The molecule has 2 aromatic rings. The van der Waals surface area contributed by atoms with Crippen molar-refractivity contribution in [2.24, 2.45) is 0 Å². The van der Waals surface area contributed by atoms with Gasteiger partial charge >= 0.3 is 0 Å². The molecular weight excluding hydrogens is 316 g/mol. The number of carbonyl (C=O) groups excluding carboxylic acids is 1. The Morgan fingerprint density at radius 1 is 1.12 bits per heavy atom. The molecule has 5 nitrogen and oxygen atoms in total. The minimum Gasteiger partial charge on any atom is -0.472 e. The van der Waals surface area contributed by atoms with Crippen LogP contribution in [0.3, 0.4) is 0 Å². The fourth-order valence-electron chi connectivity index (χ4n) is 2.38. The molecule has 1 aromatic carbocycles. The van der Waals surface area contributed by atoms with E-state index >= 15 is 0 Å². The van der Waals surface area contributed by atoms with Gasteiger partial charge < -0.3 is 15.2 Å². The molecule has 25 heavy (non-hydrogen) atoms. The molecule has 0 bridgehead atoms. The second-order valence-electron chi connectivity index (χ2n) is 6.89. The van der Waals surface area contributed by atoms with Crippen molar-refractivity contribution in [3.63, 3.8) is 0 Å². The van der Waals surface area contributed by atoms with Gasteiger partial charge in [0.15, 0.2) is 0 Å². The molecule has 1 aromatic heterocycles. The van der Waals surface area contributed by atoms with Crippen LogP contribution >= 0.6 is 0 Å². The summed E-state index contributed by atoms with van der Waals surface area (Å²) in [5.41, 5.74) is 2.28. The summed E-state index contributed by atoms with van der Waals surface area (Å²) in [4.78, 5) is 16.5.